The minimum Gasteiger partial charge on any atom is -0.444 e. The minimum absolute atomic E-state index is 0.0657. The van der Waals surface area contributed by atoms with Crippen molar-refractivity contribution in [3.63, 3.8) is 0 Å². The molecular weight excluding hydrogens is 414 g/mol. The van der Waals surface area contributed by atoms with Gasteiger partial charge in [0.25, 0.3) is 5.91 Å². The van der Waals surface area contributed by atoms with Gasteiger partial charge in [0.15, 0.2) is 0 Å². The molecule has 172 valence electrons. The second kappa shape index (κ2) is 9.78. The Balaban J connectivity index is 1.50. The van der Waals surface area contributed by atoms with Crippen molar-refractivity contribution >= 4 is 23.6 Å². The maximum absolute atomic E-state index is 12.3. The number of amides is 2. The van der Waals surface area contributed by atoms with E-state index >= 15 is 0 Å². The predicted octanol–water partition coefficient (Wildman–Crippen LogP) is 4.62. The van der Waals surface area contributed by atoms with Gasteiger partial charge >= 0.3 is 6.09 Å². The lowest BCUT2D eigenvalue weighted by atomic mass is 9.87. The van der Waals surface area contributed by atoms with Crippen LogP contribution in [0.2, 0.25) is 5.02 Å². The molecule has 3 rings (SSSR count). The Kier molecular flexibility index (Phi) is 7.53. The number of rotatable bonds is 3. The molecule has 0 bridgehead atoms. The molecule has 0 aliphatic carbocycles. The van der Waals surface area contributed by atoms with E-state index in [4.69, 9.17) is 16.3 Å². The molecule has 2 saturated heterocycles. The summed E-state index contributed by atoms with van der Waals surface area (Å²) in [5.41, 5.74) is 1.33. The third-order valence-electron chi connectivity index (χ3n) is 6.26. The van der Waals surface area contributed by atoms with Crippen LogP contribution in [0.25, 0.3) is 0 Å². The van der Waals surface area contributed by atoms with E-state index in [0.29, 0.717) is 22.5 Å². The first-order valence-electron chi connectivity index (χ1n) is 11.3. The van der Waals surface area contributed by atoms with E-state index in [1.54, 1.807) is 19.0 Å². The van der Waals surface area contributed by atoms with Gasteiger partial charge in [0, 0.05) is 33.2 Å². The van der Waals surface area contributed by atoms with E-state index in [1.165, 1.54) is 5.56 Å². The van der Waals surface area contributed by atoms with E-state index in [2.05, 4.69) is 11.0 Å². The number of hydrogen-bond acceptors (Lipinski definition) is 4. The zero-order chi connectivity index (χ0) is 22.8. The number of carbonyl (C=O) groups excluding carboxylic acids is 2. The van der Waals surface area contributed by atoms with E-state index in [1.807, 2.05) is 37.8 Å². The van der Waals surface area contributed by atoms with Crippen LogP contribution in [0.15, 0.2) is 18.2 Å². The molecule has 0 aromatic heterocycles. The average molecular weight is 450 g/mol. The van der Waals surface area contributed by atoms with Crippen molar-refractivity contribution in [1.82, 2.24) is 14.7 Å². The number of benzene rings is 1. The molecule has 6 nitrogen and oxygen atoms in total. The largest absolute Gasteiger partial charge is 0.444 e. The standard InChI is InChI=1S/C24H36ClN3O3/c1-24(2,3)31-23(30)28-14-10-19(11-15-28)27-12-8-17(9-13-27)18-6-7-20(21(25)16-18)22(29)26(4)5/h6-7,16-17,19H,8-15H2,1-5H3. The summed E-state index contributed by atoms with van der Waals surface area (Å²) < 4.78 is 5.51. The molecule has 0 radical (unpaired) electrons. The summed E-state index contributed by atoms with van der Waals surface area (Å²) in [6.07, 6.45) is 3.97. The zero-order valence-corrected chi connectivity index (χ0v) is 20.2. The number of halogens is 1. The van der Waals surface area contributed by atoms with Gasteiger partial charge in [-0.1, -0.05) is 17.7 Å². The van der Waals surface area contributed by atoms with Crippen LogP contribution in [-0.2, 0) is 4.74 Å². The Hall–Kier alpha value is -1.79. The van der Waals surface area contributed by atoms with Gasteiger partial charge < -0.3 is 19.4 Å². The second-order valence-electron chi connectivity index (χ2n) is 9.95. The van der Waals surface area contributed by atoms with Crippen LogP contribution in [0.4, 0.5) is 4.79 Å². The number of nitrogens with zero attached hydrogens (tertiary/aromatic N) is 3. The van der Waals surface area contributed by atoms with Crippen LogP contribution in [0.5, 0.6) is 0 Å². The molecule has 7 heteroatoms. The van der Waals surface area contributed by atoms with Crippen molar-refractivity contribution in [3.8, 4) is 0 Å². The quantitative estimate of drug-likeness (QED) is 0.675. The Labute approximate surface area is 191 Å². The molecule has 0 spiro atoms. The Morgan fingerprint density at radius 1 is 1.03 bits per heavy atom. The molecule has 0 saturated carbocycles. The lowest BCUT2D eigenvalue weighted by Gasteiger charge is -2.42. The first-order chi connectivity index (χ1) is 14.5. The highest BCUT2D eigenvalue weighted by atomic mass is 35.5. The molecule has 1 aromatic rings. The van der Waals surface area contributed by atoms with Crippen LogP contribution in [0, 0.1) is 0 Å². The van der Waals surface area contributed by atoms with Gasteiger partial charge in [-0.3, -0.25) is 4.79 Å². The van der Waals surface area contributed by atoms with E-state index < -0.39 is 5.60 Å². The Bertz CT molecular complexity index is 790. The van der Waals surface area contributed by atoms with Crippen molar-refractivity contribution in [2.24, 2.45) is 0 Å². The summed E-state index contributed by atoms with van der Waals surface area (Å²) in [5, 5.41) is 0.535. The lowest BCUT2D eigenvalue weighted by Crippen LogP contribution is -2.49. The summed E-state index contributed by atoms with van der Waals surface area (Å²) in [4.78, 5) is 30.5. The van der Waals surface area contributed by atoms with Gasteiger partial charge in [-0.2, -0.15) is 0 Å². The fraction of sp³-hybridized carbons (Fsp3) is 0.667. The first kappa shape index (κ1) is 23.9. The summed E-state index contributed by atoms with van der Waals surface area (Å²) in [6, 6.07) is 6.42. The predicted molar refractivity (Wildman–Crippen MR) is 124 cm³/mol. The van der Waals surface area contributed by atoms with Gasteiger partial charge in [-0.15, -0.1) is 0 Å². The van der Waals surface area contributed by atoms with Crippen LogP contribution >= 0.6 is 11.6 Å². The molecule has 2 heterocycles. The molecule has 31 heavy (non-hydrogen) atoms. The maximum Gasteiger partial charge on any atom is 0.410 e. The molecule has 2 amide bonds. The monoisotopic (exact) mass is 449 g/mol. The molecule has 0 atom stereocenters. The molecular formula is C24H36ClN3O3. The van der Waals surface area contributed by atoms with Crippen molar-refractivity contribution in [3.05, 3.63) is 34.3 Å². The van der Waals surface area contributed by atoms with Crippen LogP contribution in [-0.4, -0.2) is 78.6 Å². The molecule has 2 aliphatic rings. The topological polar surface area (TPSA) is 53.1 Å². The molecule has 0 unspecified atom stereocenters. The van der Waals surface area contributed by atoms with Crippen LogP contribution in [0.1, 0.15) is 68.3 Å². The number of carbonyl (C=O) groups is 2. The van der Waals surface area contributed by atoms with Crippen molar-refractivity contribution in [2.45, 2.75) is 64.0 Å². The second-order valence-corrected chi connectivity index (χ2v) is 10.4. The van der Waals surface area contributed by atoms with Gasteiger partial charge in [-0.05, 0) is 83.2 Å². The lowest BCUT2D eigenvalue weighted by molar-refractivity contribution is 0.0127. The highest BCUT2D eigenvalue weighted by molar-refractivity contribution is 6.33. The summed E-state index contributed by atoms with van der Waals surface area (Å²) >= 11 is 6.42. The fourth-order valence-electron chi connectivity index (χ4n) is 4.54. The fourth-order valence-corrected chi connectivity index (χ4v) is 4.81. The maximum atomic E-state index is 12.3. The number of likely N-dealkylation sites (tertiary alicyclic amines) is 2. The van der Waals surface area contributed by atoms with Crippen molar-refractivity contribution in [2.75, 3.05) is 40.3 Å². The van der Waals surface area contributed by atoms with Crippen LogP contribution < -0.4 is 0 Å². The third kappa shape index (κ3) is 6.13. The van der Waals surface area contributed by atoms with E-state index in [9.17, 15) is 9.59 Å². The molecule has 2 aliphatic heterocycles. The average Bonchev–Trinajstić information content (AvgIpc) is 2.72. The van der Waals surface area contributed by atoms with Crippen LogP contribution in [0.3, 0.4) is 0 Å². The normalized spacial score (nSPS) is 19.4. The molecule has 1 aromatic carbocycles. The molecule has 0 N–H and O–H groups in total. The minimum atomic E-state index is -0.448. The summed E-state index contributed by atoms with van der Waals surface area (Å²) in [7, 11) is 3.47. The first-order valence-corrected chi connectivity index (χ1v) is 11.7. The Morgan fingerprint density at radius 3 is 2.16 bits per heavy atom. The highest BCUT2D eigenvalue weighted by Gasteiger charge is 2.31. The highest BCUT2D eigenvalue weighted by Crippen LogP contribution is 2.33. The number of hydrogen-bond donors (Lipinski definition) is 0. The zero-order valence-electron chi connectivity index (χ0n) is 19.5. The smallest absolute Gasteiger partial charge is 0.410 e. The van der Waals surface area contributed by atoms with Gasteiger partial charge in [0.2, 0.25) is 0 Å². The summed E-state index contributed by atoms with van der Waals surface area (Å²) in [6.45, 7) is 9.34. The third-order valence-corrected chi connectivity index (χ3v) is 6.58. The number of piperidine rings is 2. The van der Waals surface area contributed by atoms with E-state index in [-0.39, 0.29) is 12.0 Å². The van der Waals surface area contributed by atoms with Gasteiger partial charge in [0.05, 0.1) is 10.6 Å². The van der Waals surface area contributed by atoms with E-state index in [0.717, 1.165) is 51.9 Å². The Morgan fingerprint density at radius 2 is 1.65 bits per heavy atom. The SMILES string of the molecule is CN(C)C(=O)c1ccc(C2CCN(C3CCN(C(=O)OC(C)(C)C)CC3)CC2)cc1Cl. The molecule has 2 fully saturated rings. The van der Waals surface area contributed by atoms with Gasteiger partial charge in [0.1, 0.15) is 5.60 Å². The number of ether oxygens (including phenoxy) is 1. The van der Waals surface area contributed by atoms with Crippen molar-refractivity contribution < 1.29 is 14.3 Å². The van der Waals surface area contributed by atoms with Gasteiger partial charge in [-0.25, -0.2) is 4.79 Å². The van der Waals surface area contributed by atoms with Crippen molar-refractivity contribution in [1.29, 1.82) is 0 Å². The summed E-state index contributed by atoms with van der Waals surface area (Å²) in [5.74, 6) is 0.406.